The molecule has 6 heteroatoms. The van der Waals surface area contributed by atoms with Crippen LogP contribution in [0, 0.1) is 0 Å². The summed E-state index contributed by atoms with van der Waals surface area (Å²) in [5, 5.41) is 6.50. The van der Waals surface area contributed by atoms with Crippen molar-refractivity contribution in [3.8, 4) is 11.5 Å². The number of aliphatic imine (C=N–C) groups is 1. The van der Waals surface area contributed by atoms with Crippen LogP contribution < -0.4 is 20.1 Å². The van der Waals surface area contributed by atoms with Crippen molar-refractivity contribution in [3.63, 3.8) is 0 Å². The fourth-order valence-electron chi connectivity index (χ4n) is 1.87. The fraction of sp³-hybridized carbons (Fsp3) is 0.500. The van der Waals surface area contributed by atoms with Crippen LogP contribution in [-0.2, 0) is 6.54 Å². The van der Waals surface area contributed by atoms with Gasteiger partial charge in [0.15, 0.2) is 17.5 Å². The van der Waals surface area contributed by atoms with Gasteiger partial charge >= 0.3 is 0 Å². The molecule has 0 saturated heterocycles. The first-order valence-electron chi connectivity index (χ1n) is 6.84. The number of guanidine groups is 1. The van der Waals surface area contributed by atoms with Gasteiger partial charge in [-0.3, -0.25) is 0 Å². The Labute approximate surface area is 127 Å². The average molecular weight is 342 g/mol. The molecule has 0 fully saturated rings. The Morgan fingerprint density at radius 1 is 1.30 bits per heavy atom. The van der Waals surface area contributed by atoms with Crippen LogP contribution in [0.25, 0.3) is 0 Å². The van der Waals surface area contributed by atoms with Gasteiger partial charge in [-0.1, -0.05) is 6.92 Å². The summed E-state index contributed by atoms with van der Waals surface area (Å²) < 4.78 is 11.7. The van der Waals surface area contributed by atoms with Crippen molar-refractivity contribution < 1.29 is 9.47 Å². The summed E-state index contributed by atoms with van der Waals surface area (Å²) in [5.41, 5.74) is 1.08. The summed E-state index contributed by atoms with van der Waals surface area (Å²) in [6.07, 6.45) is 1.07. The third-order valence-corrected chi connectivity index (χ3v) is 3.38. The maximum absolute atomic E-state index is 5.41. The van der Waals surface area contributed by atoms with Gasteiger partial charge in [-0.15, -0.1) is 0 Å². The molecule has 20 heavy (non-hydrogen) atoms. The molecule has 0 amide bonds. The molecule has 1 aliphatic rings. The Kier molecular flexibility index (Phi) is 5.52. The largest absolute Gasteiger partial charge is 0.454 e. The highest BCUT2D eigenvalue weighted by Crippen LogP contribution is 2.40. The predicted molar refractivity (Wildman–Crippen MR) is 83.4 cm³/mol. The molecular weight excluding hydrogens is 322 g/mol. The Hall–Kier alpha value is -1.43. The van der Waals surface area contributed by atoms with E-state index in [0.29, 0.717) is 6.54 Å². The molecule has 0 unspecified atom stereocenters. The second-order valence-corrected chi connectivity index (χ2v) is 5.29. The molecule has 2 N–H and O–H groups in total. The Morgan fingerprint density at radius 3 is 2.90 bits per heavy atom. The van der Waals surface area contributed by atoms with Gasteiger partial charge in [-0.05, 0) is 47.0 Å². The van der Waals surface area contributed by atoms with Gasteiger partial charge in [0, 0.05) is 13.1 Å². The van der Waals surface area contributed by atoms with Gasteiger partial charge in [0.1, 0.15) is 0 Å². The quantitative estimate of drug-likeness (QED) is 0.638. The highest BCUT2D eigenvalue weighted by Gasteiger charge is 2.17. The van der Waals surface area contributed by atoms with Crippen LogP contribution in [0.1, 0.15) is 25.8 Å². The Balaban J connectivity index is 2.06. The third-order valence-electron chi connectivity index (χ3n) is 2.79. The Morgan fingerprint density at radius 2 is 2.15 bits per heavy atom. The lowest BCUT2D eigenvalue weighted by atomic mass is 10.2. The monoisotopic (exact) mass is 341 g/mol. The molecule has 1 aliphatic heterocycles. The molecule has 0 spiro atoms. The van der Waals surface area contributed by atoms with Crippen molar-refractivity contribution in [2.75, 3.05) is 19.9 Å². The van der Waals surface area contributed by atoms with Gasteiger partial charge in [0.2, 0.25) is 6.79 Å². The lowest BCUT2D eigenvalue weighted by Gasteiger charge is -2.10. The first kappa shape index (κ1) is 15.0. The molecule has 1 heterocycles. The Bertz CT molecular complexity index is 492. The van der Waals surface area contributed by atoms with E-state index in [4.69, 9.17) is 9.47 Å². The predicted octanol–water partition coefficient (Wildman–Crippen LogP) is 2.64. The highest BCUT2D eigenvalue weighted by molar-refractivity contribution is 9.10. The number of ether oxygens (including phenoxy) is 2. The number of hydrogen-bond acceptors (Lipinski definition) is 3. The SMILES string of the molecule is CCCNC(=NCc1cc(Br)c2c(c1)OCO2)NCC. The summed E-state index contributed by atoms with van der Waals surface area (Å²) in [5.74, 6) is 2.38. The van der Waals surface area contributed by atoms with Gasteiger partial charge < -0.3 is 20.1 Å². The number of nitrogens with zero attached hydrogens (tertiary/aromatic N) is 1. The molecule has 1 aromatic carbocycles. The van der Waals surface area contributed by atoms with Crippen LogP contribution in [0.2, 0.25) is 0 Å². The van der Waals surface area contributed by atoms with Crippen LogP contribution in [0.4, 0.5) is 0 Å². The third kappa shape index (κ3) is 3.79. The average Bonchev–Trinajstić information content (AvgIpc) is 2.91. The summed E-state index contributed by atoms with van der Waals surface area (Å²) >= 11 is 3.49. The van der Waals surface area contributed by atoms with Crippen molar-refractivity contribution in [3.05, 3.63) is 22.2 Å². The zero-order valence-corrected chi connectivity index (χ0v) is 13.4. The minimum absolute atomic E-state index is 0.279. The second kappa shape index (κ2) is 7.38. The molecule has 2 rings (SSSR count). The van der Waals surface area contributed by atoms with E-state index in [1.54, 1.807) is 0 Å². The van der Waals surface area contributed by atoms with Crippen molar-refractivity contribution in [2.45, 2.75) is 26.8 Å². The number of rotatable bonds is 5. The van der Waals surface area contributed by atoms with E-state index in [9.17, 15) is 0 Å². The van der Waals surface area contributed by atoms with Gasteiger partial charge in [0.05, 0.1) is 11.0 Å². The molecule has 110 valence electrons. The summed E-state index contributed by atoms with van der Waals surface area (Å²) in [6, 6.07) is 3.99. The normalized spacial score (nSPS) is 13.4. The second-order valence-electron chi connectivity index (χ2n) is 4.43. The van der Waals surface area contributed by atoms with Crippen molar-refractivity contribution in [2.24, 2.45) is 4.99 Å². The molecule has 1 aromatic rings. The number of nitrogens with one attached hydrogen (secondary N) is 2. The van der Waals surface area contributed by atoms with Crippen LogP contribution in [0.15, 0.2) is 21.6 Å². The van der Waals surface area contributed by atoms with E-state index in [-0.39, 0.29) is 6.79 Å². The van der Waals surface area contributed by atoms with Crippen LogP contribution in [0.3, 0.4) is 0 Å². The summed E-state index contributed by atoms with van der Waals surface area (Å²) in [6.45, 7) is 6.82. The van der Waals surface area contributed by atoms with Gasteiger partial charge in [-0.2, -0.15) is 0 Å². The van der Waals surface area contributed by atoms with Crippen molar-refractivity contribution >= 4 is 21.9 Å². The first-order chi connectivity index (χ1) is 9.74. The van der Waals surface area contributed by atoms with E-state index >= 15 is 0 Å². The maximum atomic E-state index is 5.41. The summed E-state index contributed by atoms with van der Waals surface area (Å²) in [7, 11) is 0. The summed E-state index contributed by atoms with van der Waals surface area (Å²) in [4.78, 5) is 4.57. The zero-order chi connectivity index (χ0) is 14.4. The lowest BCUT2D eigenvalue weighted by molar-refractivity contribution is 0.173. The molecule has 0 radical (unpaired) electrons. The number of fused-ring (bicyclic) bond motifs is 1. The van der Waals surface area contributed by atoms with Crippen LogP contribution in [0.5, 0.6) is 11.5 Å². The molecule has 0 aliphatic carbocycles. The number of halogens is 1. The number of hydrogen-bond donors (Lipinski definition) is 2. The van der Waals surface area contributed by atoms with E-state index in [0.717, 1.165) is 47.0 Å². The smallest absolute Gasteiger partial charge is 0.231 e. The van der Waals surface area contributed by atoms with Gasteiger partial charge in [0.25, 0.3) is 0 Å². The highest BCUT2D eigenvalue weighted by atomic mass is 79.9. The lowest BCUT2D eigenvalue weighted by Crippen LogP contribution is -2.37. The molecule has 0 bridgehead atoms. The van der Waals surface area contributed by atoms with E-state index in [2.05, 4.69) is 45.4 Å². The van der Waals surface area contributed by atoms with Crippen molar-refractivity contribution in [1.82, 2.24) is 10.6 Å². The minimum atomic E-state index is 0.279. The number of benzene rings is 1. The van der Waals surface area contributed by atoms with Crippen LogP contribution >= 0.6 is 15.9 Å². The van der Waals surface area contributed by atoms with Crippen molar-refractivity contribution in [1.29, 1.82) is 0 Å². The topological polar surface area (TPSA) is 54.9 Å². The first-order valence-corrected chi connectivity index (χ1v) is 7.64. The molecule has 0 atom stereocenters. The fourth-order valence-corrected chi connectivity index (χ4v) is 2.47. The molecule has 5 nitrogen and oxygen atoms in total. The zero-order valence-electron chi connectivity index (χ0n) is 11.8. The van der Waals surface area contributed by atoms with E-state index < -0.39 is 0 Å². The van der Waals surface area contributed by atoms with Crippen LogP contribution in [-0.4, -0.2) is 25.8 Å². The standard InChI is InChI=1S/C14H20BrN3O2/c1-3-5-17-14(16-4-2)18-8-10-6-11(15)13-12(7-10)19-9-20-13/h6-7H,3-5,8-9H2,1-2H3,(H2,16,17,18). The minimum Gasteiger partial charge on any atom is -0.454 e. The van der Waals surface area contributed by atoms with E-state index in [1.165, 1.54) is 0 Å². The maximum Gasteiger partial charge on any atom is 0.231 e. The molecule has 0 saturated carbocycles. The van der Waals surface area contributed by atoms with Gasteiger partial charge in [-0.25, -0.2) is 4.99 Å². The molecule has 0 aromatic heterocycles. The molecular formula is C14H20BrN3O2. The van der Waals surface area contributed by atoms with E-state index in [1.807, 2.05) is 12.1 Å².